The maximum absolute atomic E-state index is 12.6. The molecule has 2 aromatic rings. The number of hydrogen-bond donors (Lipinski definition) is 1. The van der Waals surface area contributed by atoms with Gasteiger partial charge in [-0.2, -0.15) is 5.10 Å². The fraction of sp³-hybridized carbons (Fsp3) is 0.389. The van der Waals surface area contributed by atoms with Gasteiger partial charge in [0.05, 0.1) is 0 Å². The molecule has 1 aliphatic heterocycles. The van der Waals surface area contributed by atoms with Crippen molar-refractivity contribution in [2.24, 2.45) is 5.73 Å². The number of amides is 1. The number of anilines is 1. The molecule has 0 unspecified atom stereocenters. The fourth-order valence-corrected chi connectivity index (χ4v) is 3.09. The summed E-state index contributed by atoms with van der Waals surface area (Å²) in [6.07, 6.45) is 3.54. The molecule has 0 saturated carbocycles. The highest BCUT2D eigenvalue weighted by atomic mass is 16.2. The lowest BCUT2D eigenvalue weighted by molar-refractivity contribution is 0.0713. The second-order valence-electron chi connectivity index (χ2n) is 6.12. The summed E-state index contributed by atoms with van der Waals surface area (Å²) < 4.78 is 0. The largest absolute Gasteiger partial charge is 0.355 e. The normalized spacial score (nSPS) is 15.3. The third-order valence-electron chi connectivity index (χ3n) is 4.66. The van der Waals surface area contributed by atoms with Crippen LogP contribution in [0.2, 0.25) is 0 Å². The van der Waals surface area contributed by atoms with Gasteiger partial charge in [0.25, 0.3) is 5.91 Å². The number of likely N-dealkylation sites (tertiary alicyclic amines) is 1. The monoisotopic (exact) mass is 325 g/mol. The molecule has 0 radical (unpaired) electrons. The summed E-state index contributed by atoms with van der Waals surface area (Å²) in [7, 11) is 2.04. The summed E-state index contributed by atoms with van der Waals surface area (Å²) in [6.45, 7) is 2.01. The minimum Gasteiger partial charge on any atom is -0.355 e. The number of hydrogen-bond acceptors (Lipinski definition) is 5. The SMILES string of the molecule is CN(c1cccnn1)C1CCN(C(=O)c2ccc(CN)cc2)CC1. The zero-order chi connectivity index (χ0) is 16.9. The molecule has 24 heavy (non-hydrogen) atoms. The van der Waals surface area contributed by atoms with E-state index >= 15 is 0 Å². The topological polar surface area (TPSA) is 75.4 Å². The van der Waals surface area contributed by atoms with E-state index in [-0.39, 0.29) is 5.91 Å². The lowest BCUT2D eigenvalue weighted by Gasteiger charge is -2.37. The number of carbonyl (C=O) groups is 1. The van der Waals surface area contributed by atoms with E-state index in [2.05, 4.69) is 15.1 Å². The fourth-order valence-electron chi connectivity index (χ4n) is 3.09. The van der Waals surface area contributed by atoms with Crippen molar-refractivity contribution in [1.29, 1.82) is 0 Å². The van der Waals surface area contributed by atoms with Gasteiger partial charge in [0.2, 0.25) is 0 Å². The molecule has 1 amide bonds. The van der Waals surface area contributed by atoms with E-state index < -0.39 is 0 Å². The van der Waals surface area contributed by atoms with Crippen molar-refractivity contribution < 1.29 is 4.79 Å². The van der Waals surface area contributed by atoms with Crippen molar-refractivity contribution in [3.8, 4) is 0 Å². The number of piperidine rings is 1. The van der Waals surface area contributed by atoms with Crippen LogP contribution < -0.4 is 10.6 Å². The first-order valence-corrected chi connectivity index (χ1v) is 8.28. The lowest BCUT2D eigenvalue weighted by Crippen LogP contribution is -2.45. The molecule has 2 heterocycles. The van der Waals surface area contributed by atoms with Crippen molar-refractivity contribution in [3.05, 3.63) is 53.7 Å². The summed E-state index contributed by atoms with van der Waals surface area (Å²) in [4.78, 5) is 16.7. The predicted octanol–water partition coefficient (Wildman–Crippen LogP) is 1.68. The summed E-state index contributed by atoms with van der Waals surface area (Å²) in [5.74, 6) is 0.971. The Labute approximate surface area is 142 Å². The van der Waals surface area contributed by atoms with E-state index in [0.29, 0.717) is 12.6 Å². The zero-order valence-corrected chi connectivity index (χ0v) is 13.9. The highest BCUT2D eigenvalue weighted by Gasteiger charge is 2.26. The Kier molecular flexibility index (Phi) is 5.05. The van der Waals surface area contributed by atoms with Crippen LogP contribution in [-0.2, 0) is 6.54 Å². The van der Waals surface area contributed by atoms with Crippen LogP contribution in [0.1, 0.15) is 28.8 Å². The molecule has 1 aliphatic rings. The average molecular weight is 325 g/mol. The van der Waals surface area contributed by atoms with Gasteiger partial charge in [-0.25, -0.2) is 0 Å². The number of aromatic nitrogens is 2. The Hall–Kier alpha value is -2.47. The van der Waals surface area contributed by atoms with Gasteiger partial charge in [0, 0.05) is 44.5 Å². The standard InChI is InChI=1S/C18H23N5O/c1-22(17-3-2-10-20-21-17)16-8-11-23(12-9-16)18(24)15-6-4-14(13-19)5-7-15/h2-7,10,16H,8-9,11-13,19H2,1H3. The highest BCUT2D eigenvalue weighted by Crippen LogP contribution is 2.21. The number of benzene rings is 1. The molecule has 1 saturated heterocycles. The minimum absolute atomic E-state index is 0.0965. The van der Waals surface area contributed by atoms with E-state index in [1.807, 2.05) is 48.3 Å². The quantitative estimate of drug-likeness (QED) is 0.925. The smallest absolute Gasteiger partial charge is 0.253 e. The van der Waals surface area contributed by atoms with E-state index in [4.69, 9.17) is 5.73 Å². The number of nitrogens with two attached hydrogens (primary N) is 1. The Bertz CT molecular complexity index is 666. The first-order valence-electron chi connectivity index (χ1n) is 8.28. The van der Waals surface area contributed by atoms with Crippen LogP contribution in [0.5, 0.6) is 0 Å². The molecule has 1 aromatic carbocycles. The molecule has 3 rings (SSSR count). The van der Waals surface area contributed by atoms with Crippen LogP contribution in [-0.4, -0.2) is 47.2 Å². The van der Waals surface area contributed by atoms with Gasteiger partial charge in [-0.15, -0.1) is 5.10 Å². The molecule has 126 valence electrons. The van der Waals surface area contributed by atoms with Gasteiger partial charge in [0.1, 0.15) is 0 Å². The molecule has 6 nitrogen and oxygen atoms in total. The van der Waals surface area contributed by atoms with Gasteiger partial charge in [0.15, 0.2) is 5.82 Å². The first-order chi connectivity index (χ1) is 11.7. The molecule has 6 heteroatoms. The molecule has 0 bridgehead atoms. The third kappa shape index (κ3) is 3.54. The molecular weight excluding hydrogens is 302 g/mol. The molecule has 0 aliphatic carbocycles. The van der Waals surface area contributed by atoms with Crippen LogP contribution >= 0.6 is 0 Å². The van der Waals surface area contributed by atoms with Crippen molar-refractivity contribution in [2.45, 2.75) is 25.4 Å². The maximum Gasteiger partial charge on any atom is 0.253 e. The summed E-state index contributed by atoms with van der Waals surface area (Å²) in [6, 6.07) is 11.8. The van der Waals surface area contributed by atoms with Crippen molar-refractivity contribution >= 4 is 11.7 Å². The van der Waals surface area contributed by atoms with Crippen LogP contribution in [0.25, 0.3) is 0 Å². The van der Waals surface area contributed by atoms with Gasteiger partial charge in [-0.3, -0.25) is 4.79 Å². The second kappa shape index (κ2) is 7.40. The van der Waals surface area contributed by atoms with Crippen molar-refractivity contribution in [3.63, 3.8) is 0 Å². The van der Waals surface area contributed by atoms with Crippen LogP contribution in [0.3, 0.4) is 0 Å². The van der Waals surface area contributed by atoms with Crippen molar-refractivity contribution in [1.82, 2.24) is 15.1 Å². The molecule has 2 N–H and O–H groups in total. The van der Waals surface area contributed by atoms with Crippen LogP contribution in [0, 0.1) is 0 Å². The van der Waals surface area contributed by atoms with E-state index in [0.717, 1.165) is 42.9 Å². The number of rotatable bonds is 4. The highest BCUT2D eigenvalue weighted by molar-refractivity contribution is 5.94. The van der Waals surface area contributed by atoms with Gasteiger partial charge in [-0.05, 0) is 42.7 Å². The van der Waals surface area contributed by atoms with Gasteiger partial charge in [-0.1, -0.05) is 12.1 Å². The molecule has 1 fully saturated rings. The van der Waals surface area contributed by atoms with Crippen LogP contribution in [0.4, 0.5) is 5.82 Å². The summed E-state index contributed by atoms with van der Waals surface area (Å²) in [5, 5.41) is 8.09. The second-order valence-corrected chi connectivity index (χ2v) is 6.12. The lowest BCUT2D eigenvalue weighted by atomic mass is 10.0. The van der Waals surface area contributed by atoms with E-state index in [1.54, 1.807) is 6.20 Å². The van der Waals surface area contributed by atoms with Crippen LogP contribution in [0.15, 0.2) is 42.6 Å². The molecule has 0 atom stereocenters. The maximum atomic E-state index is 12.6. The zero-order valence-electron chi connectivity index (χ0n) is 13.9. The van der Waals surface area contributed by atoms with E-state index in [1.165, 1.54) is 0 Å². The average Bonchev–Trinajstić information content (AvgIpc) is 2.68. The Morgan fingerprint density at radius 1 is 1.25 bits per heavy atom. The first kappa shape index (κ1) is 16.4. The van der Waals surface area contributed by atoms with Gasteiger partial charge < -0.3 is 15.5 Å². The Balaban J connectivity index is 1.59. The Morgan fingerprint density at radius 2 is 1.96 bits per heavy atom. The van der Waals surface area contributed by atoms with Gasteiger partial charge >= 0.3 is 0 Å². The van der Waals surface area contributed by atoms with E-state index in [9.17, 15) is 4.79 Å². The summed E-state index contributed by atoms with van der Waals surface area (Å²) >= 11 is 0. The molecular formula is C18H23N5O. The number of nitrogens with zero attached hydrogens (tertiary/aromatic N) is 4. The third-order valence-corrected chi connectivity index (χ3v) is 4.66. The van der Waals surface area contributed by atoms with Crippen molar-refractivity contribution in [2.75, 3.05) is 25.0 Å². The summed E-state index contributed by atoms with van der Waals surface area (Å²) in [5.41, 5.74) is 7.37. The number of carbonyl (C=O) groups excluding carboxylic acids is 1. The minimum atomic E-state index is 0.0965. The predicted molar refractivity (Wildman–Crippen MR) is 93.7 cm³/mol. The molecule has 0 spiro atoms. The molecule has 1 aromatic heterocycles. The Morgan fingerprint density at radius 3 is 2.54 bits per heavy atom.